The number of oxazole rings is 1. The molecule has 1 atom stereocenters. The van der Waals surface area contributed by atoms with Gasteiger partial charge in [0.2, 0.25) is 11.8 Å². The van der Waals surface area contributed by atoms with Gasteiger partial charge in [-0.3, -0.25) is 9.69 Å². The molecule has 5 heteroatoms. The molecule has 0 bridgehead atoms. The summed E-state index contributed by atoms with van der Waals surface area (Å²) in [5.74, 6) is 1.89. The molecule has 1 aliphatic heterocycles. The van der Waals surface area contributed by atoms with Gasteiger partial charge in [0.05, 0.1) is 12.6 Å². The molecule has 2 heterocycles. The average molecular weight is 353 g/mol. The maximum absolute atomic E-state index is 12.1. The molecule has 1 saturated heterocycles. The monoisotopic (exact) mass is 353 g/mol. The Morgan fingerprint density at radius 2 is 2.19 bits per heavy atom. The van der Waals surface area contributed by atoms with Gasteiger partial charge in [0.15, 0.2) is 0 Å². The van der Waals surface area contributed by atoms with Crippen LogP contribution in [0.15, 0.2) is 47.4 Å². The van der Waals surface area contributed by atoms with E-state index in [0.29, 0.717) is 13.1 Å². The maximum atomic E-state index is 12.1. The van der Waals surface area contributed by atoms with Gasteiger partial charge in [0, 0.05) is 18.0 Å². The minimum absolute atomic E-state index is 0.00993. The maximum Gasteiger partial charge on any atom is 0.234 e. The van der Waals surface area contributed by atoms with E-state index in [-0.39, 0.29) is 17.9 Å². The van der Waals surface area contributed by atoms with Crippen LogP contribution in [0.5, 0.6) is 0 Å². The van der Waals surface area contributed by atoms with Gasteiger partial charge in [0.1, 0.15) is 11.5 Å². The van der Waals surface area contributed by atoms with Crippen molar-refractivity contribution in [2.24, 2.45) is 0 Å². The highest BCUT2D eigenvalue weighted by Gasteiger charge is 2.32. The Labute approximate surface area is 155 Å². The van der Waals surface area contributed by atoms with Crippen molar-refractivity contribution < 1.29 is 9.21 Å². The van der Waals surface area contributed by atoms with Crippen LogP contribution in [0.4, 0.5) is 0 Å². The van der Waals surface area contributed by atoms with E-state index >= 15 is 0 Å². The smallest absolute Gasteiger partial charge is 0.234 e. The highest BCUT2D eigenvalue weighted by atomic mass is 16.4. The van der Waals surface area contributed by atoms with Crippen LogP contribution in [0, 0.1) is 0 Å². The average Bonchev–Trinajstić information content (AvgIpc) is 3.27. The number of hydrogen-bond donors (Lipinski definition) is 1. The lowest BCUT2D eigenvalue weighted by Gasteiger charge is -2.21. The number of rotatable bonds is 7. The summed E-state index contributed by atoms with van der Waals surface area (Å²) in [6.45, 7) is 9.60. The molecule has 0 spiro atoms. The predicted octanol–water partition coefficient (Wildman–Crippen LogP) is 3.90. The fourth-order valence-electron chi connectivity index (χ4n) is 3.41. The van der Waals surface area contributed by atoms with Crippen LogP contribution >= 0.6 is 0 Å². The van der Waals surface area contributed by atoms with Gasteiger partial charge in [-0.1, -0.05) is 50.3 Å². The van der Waals surface area contributed by atoms with Crippen LogP contribution in [0.1, 0.15) is 50.3 Å². The Morgan fingerprint density at radius 3 is 2.88 bits per heavy atom. The lowest BCUT2D eigenvalue weighted by molar-refractivity contribution is -0.122. The minimum atomic E-state index is 0.00993. The van der Waals surface area contributed by atoms with Gasteiger partial charge in [-0.2, -0.15) is 0 Å². The number of nitrogens with zero attached hydrogens (tertiary/aromatic N) is 2. The molecule has 0 aliphatic carbocycles. The van der Waals surface area contributed by atoms with Crippen LogP contribution in [-0.2, 0) is 4.79 Å². The van der Waals surface area contributed by atoms with Crippen molar-refractivity contribution in [3.8, 4) is 11.3 Å². The zero-order chi connectivity index (χ0) is 18.5. The summed E-state index contributed by atoms with van der Waals surface area (Å²) >= 11 is 0. The van der Waals surface area contributed by atoms with Gasteiger partial charge in [0.25, 0.3) is 0 Å². The van der Waals surface area contributed by atoms with Crippen molar-refractivity contribution in [2.75, 3.05) is 19.6 Å². The van der Waals surface area contributed by atoms with Gasteiger partial charge < -0.3 is 9.73 Å². The Morgan fingerprint density at radius 1 is 1.42 bits per heavy atom. The number of carbonyl (C=O) groups is 1. The van der Waals surface area contributed by atoms with Crippen LogP contribution in [0.25, 0.3) is 11.3 Å². The van der Waals surface area contributed by atoms with E-state index in [2.05, 4.69) is 42.8 Å². The standard InChI is InChI=1S/C21H27N3O2/c1-4-12-22-18(25)14-24-13-8-11-17(24)21-23-19(20(26-21)15(2)3)16-9-6-5-7-10-16/h4-7,9-10,15,17H,1,8,11-14H2,2-3H3,(H,22,25). The molecule has 5 nitrogen and oxygen atoms in total. The zero-order valence-corrected chi connectivity index (χ0v) is 15.6. The molecule has 1 N–H and O–H groups in total. The first kappa shape index (κ1) is 18.4. The minimum Gasteiger partial charge on any atom is -0.443 e. The van der Waals surface area contributed by atoms with E-state index < -0.39 is 0 Å². The lowest BCUT2D eigenvalue weighted by Crippen LogP contribution is -2.37. The highest BCUT2D eigenvalue weighted by Crippen LogP contribution is 2.36. The molecule has 138 valence electrons. The summed E-state index contributed by atoms with van der Waals surface area (Å²) in [6, 6.07) is 10.2. The topological polar surface area (TPSA) is 58.4 Å². The first-order chi connectivity index (χ1) is 12.6. The first-order valence-electron chi connectivity index (χ1n) is 9.27. The van der Waals surface area contributed by atoms with E-state index in [1.807, 2.05) is 18.2 Å². The van der Waals surface area contributed by atoms with Crippen molar-refractivity contribution in [1.29, 1.82) is 0 Å². The van der Waals surface area contributed by atoms with Gasteiger partial charge in [-0.15, -0.1) is 6.58 Å². The number of amides is 1. The second kappa shape index (κ2) is 8.32. The predicted molar refractivity (Wildman–Crippen MR) is 103 cm³/mol. The number of likely N-dealkylation sites (tertiary alicyclic amines) is 1. The van der Waals surface area contributed by atoms with E-state index in [1.54, 1.807) is 6.08 Å². The first-order valence-corrected chi connectivity index (χ1v) is 9.27. The summed E-state index contributed by atoms with van der Waals surface area (Å²) in [4.78, 5) is 19.1. The zero-order valence-electron chi connectivity index (χ0n) is 15.6. The number of carbonyl (C=O) groups excluding carboxylic acids is 1. The fraction of sp³-hybridized carbons (Fsp3) is 0.429. The molecular formula is C21H27N3O2. The van der Waals surface area contributed by atoms with Crippen molar-refractivity contribution in [1.82, 2.24) is 15.2 Å². The van der Waals surface area contributed by atoms with Crippen LogP contribution in [0.2, 0.25) is 0 Å². The third-order valence-corrected chi connectivity index (χ3v) is 4.68. The fourth-order valence-corrected chi connectivity index (χ4v) is 3.41. The van der Waals surface area contributed by atoms with Crippen molar-refractivity contribution >= 4 is 5.91 Å². The molecule has 1 fully saturated rings. The lowest BCUT2D eigenvalue weighted by atomic mass is 10.0. The molecule has 1 amide bonds. The number of nitrogens with one attached hydrogen (secondary N) is 1. The van der Waals surface area contributed by atoms with Gasteiger partial charge in [-0.25, -0.2) is 4.98 Å². The molecule has 1 aromatic carbocycles. The van der Waals surface area contributed by atoms with Crippen LogP contribution in [-0.4, -0.2) is 35.4 Å². The number of benzene rings is 1. The van der Waals surface area contributed by atoms with Crippen LogP contribution < -0.4 is 5.32 Å². The Balaban J connectivity index is 1.84. The summed E-state index contributed by atoms with van der Waals surface area (Å²) in [5, 5.41) is 2.84. The Bertz CT molecular complexity index is 752. The molecule has 3 rings (SSSR count). The number of aromatic nitrogens is 1. The van der Waals surface area contributed by atoms with E-state index in [4.69, 9.17) is 9.40 Å². The Kier molecular flexibility index (Phi) is 5.89. The molecule has 2 aromatic rings. The normalized spacial score (nSPS) is 17.6. The molecule has 1 aliphatic rings. The second-order valence-electron chi connectivity index (χ2n) is 7.01. The highest BCUT2D eigenvalue weighted by molar-refractivity contribution is 5.78. The van der Waals surface area contributed by atoms with E-state index in [0.717, 1.165) is 42.3 Å². The van der Waals surface area contributed by atoms with Gasteiger partial charge >= 0.3 is 0 Å². The van der Waals surface area contributed by atoms with Crippen molar-refractivity contribution in [2.45, 2.75) is 38.6 Å². The molecule has 0 saturated carbocycles. The van der Waals surface area contributed by atoms with Crippen LogP contribution in [0.3, 0.4) is 0 Å². The van der Waals surface area contributed by atoms with Crippen molar-refractivity contribution in [3.63, 3.8) is 0 Å². The molecule has 26 heavy (non-hydrogen) atoms. The quantitative estimate of drug-likeness (QED) is 0.767. The number of hydrogen-bond acceptors (Lipinski definition) is 4. The van der Waals surface area contributed by atoms with E-state index in [9.17, 15) is 4.79 Å². The third kappa shape index (κ3) is 4.05. The largest absolute Gasteiger partial charge is 0.443 e. The SMILES string of the molecule is C=CCNC(=O)CN1CCCC1c1nc(-c2ccccc2)c(C(C)C)o1. The molecule has 1 aromatic heterocycles. The van der Waals surface area contributed by atoms with E-state index in [1.165, 1.54) is 0 Å². The molecule has 0 radical (unpaired) electrons. The summed E-state index contributed by atoms with van der Waals surface area (Å²) in [6.07, 6.45) is 3.69. The summed E-state index contributed by atoms with van der Waals surface area (Å²) < 4.78 is 6.21. The van der Waals surface area contributed by atoms with Crippen molar-refractivity contribution in [3.05, 3.63) is 54.6 Å². The molecular weight excluding hydrogens is 326 g/mol. The Hall–Kier alpha value is -2.40. The summed E-state index contributed by atoms with van der Waals surface area (Å²) in [7, 11) is 0. The van der Waals surface area contributed by atoms with Gasteiger partial charge in [-0.05, 0) is 19.4 Å². The second-order valence-corrected chi connectivity index (χ2v) is 7.01. The third-order valence-electron chi connectivity index (χ3n) is 4.68. The summed E-state index contributed by atoms with van der Waals surface area (Å²) in [5.41, 5.74) is 1.98. The molecule has 1 unspecified atom stereocenters.